The minimum Gasteiger partial charge on any atom is -0.361 e. The summed E-state index contributed by atoms with van der Waals surface area (Å²) < 4.78 is 13.5. The maximum Gasteiger partial charge on any atom is 0.224 e. The first-order valence-corrected chi connectivity index (χ1v) is 10.7. The monoisotopic (exact) mass is 529 g/mol. The number of nitrogens with zero attached hydrogens (tertiary/aromatic N) is 2. The Morgan fingerprint density at radius 3 is 2.93 bits per heavy atom. The van der Waals surface area contributed by atoms with E-state index in [1.165, 1.54) is 12.5 Å². The van der Waals surface area contributed by atoms with Gasteiger partial charge in [0.1, 0.15) is 5.82 Å². The van der Waals surface area contributed by atoms with Gasteiger partial charge in [0, 0.05) is 49.2 Å². The normalized spacial score (nSPS) is 17.0. The van der Waals surface area contributed by atoms with Crippen molar-refractivity contribution in [1.82, 2.24) is 20.5 Å². The van der Waals surface area contributed by atoms with E-state index in [1.807, 2.05) is 18.0 Å². The zero-order valence-electron chi connectivity index (χ0n) is 17.8. The summed E-state index contributed by atoms with van der Waals surface area (Å²) in [5.41, 5.74) is 2.00. The van der Waals surface area contributed by atoms with Gasteiger partial charge in [-0.05, 0) is 63.3 Å². The lowest BCUT2D eigenvalue weighted by molar-refractivity contribution is -0.134. The first-order chi connectivity index (χ1) is 14.1. The van der Waals surface area contributed by atoms with Gasteiger partial charge in [-0.3, -0.25) is 9.79 Å². The zero-order valence-corrected chi connectivity index (χ0v) is 20.2. The average molecular weight is 529 g/mol. The van der Waals surface area contributed by atoms with E-state index in [0.29, 0.717) is 31.5 Å². The van der Waals surface area contributed by atoms with Crippen molar-refractivity contribution in [2.75, 3.05) is 26.2 Å². The Morgan fingerprint density at radius 2 is 2.17 bits per heavy atom. The number of carbonyl (C=O) groups is 1. The van der Waals surface area contributed by atoms with E-state index in [2.05, 4.69) is 27.5 Å². The van der Waals surface area contributed by atoms with Crippen molar-refractivity contribution >= 4 is 46.7 Å². The molecule has 1 fully saturated rings. The van der Waals surface area contributed by atoms with Crippen molar-refractivity contribution in [2.24, 2.45) is 4.99 Å². The van der Waals surface area contributed by atoms with Crippen LogP contribution in [-0.2, 0) is 11.2 Å². The molecule has 1 aliphatic rings. The summed E-state index contributed by atoms with van der Waals surface area (Å²) in [4.78, 5) is 22.2. The van der Waals surface area contributed by atoms with E-state index in [-0.39, 0.29) is 35.7 Å². The number of piperidine rings is 1. The maximum absolute atomic E-state index is 13.5. The molecule has 3 rings (SSSR count). The minimum absolute atomic E-state index is 0. The van der Waals surface area contributed by atoms with Crippen LogP contribution in [0.2, 0.25) is 0 Å². The van der Waals surface area contributed by atoms with Crippen molar-refractivity contribution < 1.29 is 9.18 Å². The van der Waals surface area contributed by atoms with Gasteiger partial charge in [0.05, 0.1) is 6.54 Å². The number of carbonyl (C=O) groups excluding carboxylic acids is 1. The topological polar surface area (TPSA) is 72.5 Å². The van der Waals surface area contributed by atoms with Crippen LogP contribution in [0.3, 0.4) is 0 Å². The molecule has 30 heavy (non-hydrogen) atoms. The first kappa shape index (κ1) is 24.4. The second kappa shape index (κ2) is 12.1. The second-order valence-electron chi connectivity index (χ2n) is 7.62. The third-order valence-corrected chi connectivity index (χ3v) is 5.48. The molecule has 166 valence electrons. The SMILES string of the molecule is CCNC(=NCCC(=O)N1CCCCC1C)NCCc1c[nH]c2ccc(F)cc12.I. The lowest BCUT2D eigenvalue weighted by atomic mass is 10.0. The van der Waals surface area contributed by atoms with Crippen LogP contribution in [0.15, 0.2) is 29.4 Å². The molecular weight excluding hydrogens is 496 g/mol. The highest BCUT2D eigenvalue weighted by Gasteiger charge is 2.22. The molecule has 0 spiro atoms. The number of aliphatic imine (C=N–C) groups is 1. The van der Waals surface area contributed by atoms with Crippen molar-refractivity contribution in [3.05, 3.63) is 35.8 Å². The van der Waals surface area contributed by atoms with Gasteiger partial charge in [0.2, 0.25) is 5.91 Å². The maximum atomic E-state index is 13.5. The molecule has 8 heteroatoms. The molecule has 2 heterocycles. The first-order valence-electron chi connectivity index (χ1n) is 10.7. The minimum atomic E-state index is -0.228. The smallest absolute Gasteiger partial charge is 0.224 e. The molecule has 0 radical (unpaired) electrons. The van der Waals surface area contributed by atoms with Crippen LogP contribution in [0.25, 0.3) is 10.9 Å². The summed E-state index contributed by atoms with van der Waals surface area (Å²) in [5.74, 6) is 0.671. The highest BCUT2D eigenvalue weighted by molar-refractivity contribution is 14.0. The Balaban J connectivity index is 0.00000320. The Morgan fingerprint density at radius 1 is 1.33 bits per heavy atom. The van der Waals surface area contributed by atoms with Crippen molar-refractivity contribution in [1.29, 1.82) is 0 Å². The molecule has 6 nitrogen and oxygen atoms in total. The third-order valence-electron chi connectivity index (χ3n) is 5.48. The van der Waals surface area contributed by atoms with Crippen molar-refractivity contribution in [2.45, 2.75) is 52.0 Å². The number of guanidine groups is 1. The van der Waals surface area contributed by atoms with Crippen LogP contribution >= 0.6 is 24.0 Å². The number of aromatic nitrogens is 1. The highest BCUT2D eigenvalue weighted by Crippen LogP contribution is 2.19. The van der Waals surface area contributed by atoms with Crippen LogP contribution < -0.4 is 10.6 Å². The Labute approximate surface area is 195 Å². The van der Waals surface area contributed by atoms with Gasteiger partial charge in [-0.1, -0.05) is 0 Å². The summed E-state index contributed by atoms with van der Waals surface area (Å²) in [5, 5.41) is 7.44. The van der Waals surface area contributed by atoms with Gasteiger partial charge in [0.15, 0.2) is 5.96 Å². The number of hydrogen-bond donors (Lipinski definition) is 3. The van der Waals surface area contributed by atoms with E-state index >= 15 is 0 Å². The van der Waals surface area contributed by atoms with Crippen LogP contribution in [0.5, 0.6) is 0 Å². The quantitative estimate of drug-likeness (QED) is 0.290. The van der Waals surface area contributed by atoms with Gasteiger partial charge >= 0.3 is 0 Å². The Bertz CT molecular complexity index is 853. The largest absolute Gasteiger partial charge is 0.361 e. The second-order valence-corrected chi connectivity index (χ2v) is 7.62. The van der Waals surface area contributed by atoms with E-state index < -0.39 is 0 Å². The zero-order chi connectivity index (χ0) is 20.6. The number of benzene rings is 1. The fourth-order valence-electron chi connectivity index (χ4n) is 3.89. The summed E-state index contributed by atoms with van der Waals surface area (Å²) in [6, 6.07) is 5.12. The molecule has 1 amide bonds. The summed E-state index contributed by atoms with van der Waals surface area (Å²) in [6.07, 6.45) is 6.51. The third kappa shape index (κ3) is 6.58. The molecule has 3 N–H and O–H groups in total. The lowest BCUT2D eigenvalue weighted by Crippen LogP contribution is -2.42. The molecule has 0 bridgehead atoms. The fourth-order valence-corrected chi connectivity index (χ4v) is 3.89. The molecule has 1 aromatic carbocycles. The van der Waals surface area contributed by atoms with Gasteiger partial charge in [-0.2, -0.15) is 0 Å². The summed E-state index contributed by atoms with van der Waals surface area (Å²) in [6.45, 7) is 6.90. The number of fused-ring (bicyclic) bond motifs is 1. The number of likely N-dealkylation sites (tertiary alicyclic amines) is 1. The number of H-pyrrole nitrogens is 1. The number of rotatable bonds is 7. The highest BCUT2D eigenvalue weighted by atomic mass is 127. The number of aromatic amines is 1. The van der Waals surface area contributed by atoms with Gasteiger partial charge in [-0.25, -0.2) is 4.39 Å². The van der Waals surface area contributed by atoms with Crippen LogP contribution in [0.1, 0.15) is 45.1 Å². The van der Waals surface area contributed by atoms with Crippen molar-refractivity contribution in [3.8, 4) is 0 Å². The predicted molar refractivity (Wildman–Crippen MR) is 131 cm³/mol. The predicted octanol–water partition coefficient (Wildman–Crippen LogP) is 3.81. The molecule has 1 aromatic heterocycles. The molecule has 1 atom stereocenters. The summed E-state index contributed by atoms with van der Waals surface area (Å²) in [7, 11) is 0. The van der Waals surface area contributed by atoms with E-state index in [0.717, 1.165) is 48.8 Å². The Hall–Kier alpha value is -1.84. The molecule has 0 aliphatic carbocycles. The van der Waals surface area contributed by atoms with E-state index in [4.69, 9.17) is 0 Å². The number of halogens is 2. The van der Waals surface area contributed by atoms with Crippen LogP contribution in [0.4, 0.5) is 4.39 Å². The number of nitrogens with one attached hydrogen (secondary N) is 3. The van der Waals surface area contributed by atoms with Gasteiger partial charge in [-0.15, -0.1) is 24.0 Å². The molecule has 1 aliphatic heterocycles. The number of hydrogen-bond acceptors (Lipinski definition) is 2. The summed E-state index contributed by atoms with van der Waals surface area (Å²) >= 11 is 0. The number of amides is 1. The molecule has 2 aromatic rings. The van der Waals surface area contributed by atoms with Crippen molar-refractivity contribution in [3.63, 3.8) is 0 Å². The van der Waals surface area contributed by atoms with Crippen LogP contribution in [-0.4, -0.2) is 54.0 Å². The Kier molecular flexibility index (Phi) is 9.87. The fraction of sp³-hybridized carbons (Fsp3) is 0.545. The van der Waals surface area contributed by atoms with Gasteiger partial charge < -0.3 is 20.5 Å². The van der Waals surface area contributed by atoms with E-state index in [9.17, 15) is 9.18 Å². The standard InChI is InChI=1S/C22H32FN5O.HI/c1-3-24-22(26-12-10-21(29)28-13-5-4-6-16(28)2)25-11-9-17-15-27-20-8-7-18(23)14-19(17)20;/h7-8,14-16,27H,3-6,9-13H2,1-2H3,(H2,24,25,26);1H. The molecule has 1 saturated heterocycles. The van der Waals surface area contributed by atoms with E-state index in [1.54, 1.807) is 12.1 Å². The molecule has 1 unspecified atom stereocenters. The molecular formula is C22H33FIN5O. The lowest BCUT2D eigenvalue weighted by Gasteiger charge is -2.33. The van der Waals surface area contributed by atoms with Gasteiger partial charge in [0.25, 0.3) is 0 Å². The average Bonchev–Trinajstić information content (AvgIpc) is 3.10. The van der Waals surface area contributed by atoms with Crippen LogP contribution in [0, 0.1) is 5.82 Å². The molecule has 0 saturated carbocycles.